The first-order chi connectivity index (χ1) is 12.3. The second-order valence-corrected chi connectivity index (χ2v) is 5.47. The number of tetrazole rings is 2. The highest BCUT2D eigenvalue weighted by molar-refractivity contribution is 5.89. The number of fused-ring (bicyclic) bond motifs is 2. The van der Waals surface area contributed by atoms with Crippen LogP contribution in [0.5, 0.6) is 0 Å². The Morgan fingerprint density at radius 2 is 1.60 bits per heavy atom. The second kappa shape index (κ2) is 5.03. The van der Waals surface area contributed by atoms with Crippen molar-refractivity contribution < 1.29 is 0 Å². The minimum Gasteiger partial charge on any atom is -0.354 e. The smallest absolute Gasteiger partial charge is 0.198 e. The van der Waals surface area contributed by atoms with Crippen LogP contribution in [0, 0.1) is 0 Å². The SMILES string of the molecule is O=c1c2cc3ccc(-c4nnn[nH]4)cc3[nH]c-2ccc1-c1nnn[nH]1. The number of pyridine rings is 1. The predicted octanol–water partition coefficient (Wildman–Crippen LogP) is 0.993. The molecule has 25 heavy (non-hydrogen) atoms. The Hall–Kier alpha value is -3.95. The first-order valence-corrected chi connectivity index (χ1v) is 7.37. The van der Waals surface area contributed by atoms with Gasteiger partial charge in [-0.3, -0.25) is 4.79 Å². The topological polar surface area (TPSA) is 142 Å². The number of nitrogens with one attached hydrogen (secondary N) is 3. The third kappa shape index (κ3) is 2.08. The fourth-order valence-corrected chi connectivity index (χ4v) is 2.83. The zero-order chi connectivity index (χ0) is 16.8. The summed E-state index contributed by atoms with van der Waals surface area (Å²) in [4.78, 5) is 16.0. The molecule has 0 fully saturated rings. The lowest BCUT2D eigenvalue weighted by atomic mass is 10.0. The van der Waals surface area contributed by atoms with Crippen LogP contribution in [0.15, 0.2) is 41.2 Å². The highest BCUT2D eigenvalue weighted by atomic mass is 16.1. The average Bonchev–Trinajstić information content (AvgIpc) is 3.34. The van der Waals surface area contributed by atoms with Gasteiger partial charge in [0.1, 0.15) is 0 Å². The number of hydrogen-bond acceptors (Lipinski definition) is 7. The van der Waals surface area contributed by atoms with Crippen LogP contribution >= 0.6 is 0 Å². The van der Waals surface area contributed by atoms with Gasteiger partial charge in [-0.2, -0.15) is 0 Å². The molecule has 1 aliphatic carbocycles. The van der Waals surface area contributed by atoms with Crippen molar-refractivity contribution in [3.05, 3.63) is 46.6 Å². The van der Waals surface area contributed by atoms with Crippen LogP contribution in [-0.2, 0) is 0 Å². The molecule has 5 rings (SSSR count). The van der Waals surface area contributed by atoms with Gasteiger partial charge in [-0.15, -0.1) is 10.2 Å². The summed E-state index contributed by atoms with van der Waals surface area (Å²) >= 11 is 0. The predicted molar refractivity (Wildman–Crippen MR) is 87.5 cm³/mol. The summed E-state index contributed by atoms with van der Waals surface area (Å²) in [6.45, 7) is 0. The molecular formula is C15H9N9O. The Morgan fingerprint density at radius 1 is 0.800 bits per heavy atom. The summed E-state index contributed by atoms with van der Waals surface area (Å²) in [5.74, 6) is 0.924. The number of aromatic amines is 3. The molecule has 10 nitrogen and oxygen atoms in total. The van der Waals surface area contributed by atoms with Crippen molar-refractivity contribution in [1.29, 1.82) is 0 Å². The fourth-order valence-electron chi connectivity index (χ4n) is 2.83. The maximum atomic E-state index is 12.8. The van der Waals surface area contributed by atoms with E-state index in [1.165, 1.54) is 0 Å². The van der Waals surface area contributed by atoms with Gasteiger partial charge in [0.15, 0.2) is 17.1 Å². The first-order valence-electron chi connectivity index (χ1n) is 7.37. The van der Waals surface area contributed by atoms with Gasteiger partial charge in [0.25, 0.3) is 0 Å². The molecule has 3 aromatic rings. The quantitative estimate of drug-likeness (QED) is 0.409. The molecule has 0 unspecified atom stereocenters. The van der Waals surface area contributed by atoms with E-state index < -0.39 is 0 Å². The summed E-state index contributed by atoms with van der Waals surface area (Å²) in [6.07, 6.45) is 0. The van der Waals surface area contributed by atoms with E-state index in [0.29, 0.717) is 22.8 Å². The lowest BCUT2D eigenvalue weighted by Crippen LogP contribution is -2.10. The number of aromatic nitrogens is 9. The molecule has 0 bridgehead atoms. The van der Waals surface area contributed by atoms with E-state index in [0.717, 1.165) is 22.2 Å². The van der Waals surface area contributed by atoms with Gasteiger partial charge in [-0.1, -0.05) is 12.1 Å². The van der Waals surface area contributed by atoms with Crippen LogP contribution in [0.1, 0.15) is 0 Å². The third-order valence-electron chi connectivity index (χ3n) is 4.04. The van der Waals surface area contributed by atoms with Crippen molar-refractivity contribution >= 4 is 10.9 Å². The first kappa shape index (κ1) is 13.5. The van der Waals surface area contributed by atoms with Crippen LogP contribution in [0.3, 0.4) is 0 Å². The molecule has 1 aromatic carbocycles. The molecule has 0 amide bonds. The molecule has 0 radical (unpaired) electrons. The van der Waals surface area contributed by atoms with Gasteiger partial charge < -0.3 is 4.98 Å². The van der Waals surface area contributed by atoms with Crippen molar-refractivity contribution in [2.24, 2.45) is 0 Å². The van der Waals surface area contributed by atoms with Crippen molar-refractivity contribution in [1.82, 2.24) is 46.2 Å². The molecule has 0 spiro atoms. The molecule has 3 heterocycles. The molecule has 2 aromatic heterocycles. The molecular weight excluding hydrogens is 322 g/mol. The van der Waals surface area contributed by atoms with Crippen molar-refractivity contribution in [3.63, 3.8) is 0 Å². The minimum atomic E-state index is -0.141. The molecule has 3 N–H and O–H groups in total. The van der Waals surface area contributed by atoms with Gasteiger partial charge in [0.2, 0.25) is 0 Å². The van der Waals surface area contributed by atoms with Gasteiger partial charge in [0.05, 0.1) is 5.56 Å². The molecule has 0 saturated heterocycles. The zero-order valence-electron chi connectivity index (χ0n) is 12.6. The Kier molecular flexibility index (Phi) is 2.71. The summed E-state index contributed by atoms with van der Waals surface area (Å²) in [6, 6.07) is 11.1. The van der Waals surface area contributed by atoms with Crippen LogP contribution in [0.25, 0.3) is 44.9 Å². The normalized spacial score (nSPS) is 11.4. The molecule has 10 heteroatoms. The van der Waals surface area contributed by atoms with E-state index in [2.05, 4.69) is 46.2 Å². The number of nitrogens with zero attached hydrogens (tertiary/aromatic N) is 6. The van der Waals surface area contributed by atoms with Gasteiger partial charge in [0, 0.05) is 22.3 Å². The van der Waals surface area contributed by atoms with E-state index in [9.17, 15) is 4.79 Å². The average molecular weight is 331 g/mol. The van der Waals surface area contributed by atoms with Crippen molar-refractivity contribution in [2.75, 3.05) is 0 Å². The summed E-state index contributed by atoms with van der Waals surface area (Å²) in [5.41, 5.74) is 3.29. The highest BCUT2D eigenvalue weighted by Gasteiger charge is 2.15. The van der Waals surface area contributed by atoms with Crippen LogP contribution < -0.4 is 5.43 Å². The van der Waals surface area contributed by atoms with E-state index >= 15 is 0 Å². The molecule has 0 atom stereocenters. The number of hydrogen-bond donors (Lipinski definition) is 3. The maximum Gasteiger partial charge on any atom is 0.198 e. The van der Waals surface area contributed by atoms with Crippen molar-refractivity contribution in [2.45, 2.75) is 0 Å². The monoisotopic (exact) mass is 331 g/mol. The second-order valence-electron chi connectivity index (χ2n) is 5.47. The Morgan fingerprint density at radius 3 is 2.36 bits per heavy atom. The number of H-pyrrole nitrogens is 3. The van der Waals surface area contributed by atoms with E-state index in [1.807, 2.05) is 30.3 Å². The summed E-state index contributed by atoms with van der Waals surface area (Å²) in [7, 11) is 0. The summed E-state index contributed by atoms with van der Waals surface area (Å²) in [5, 5.41) is 28.2. The van der Waals surface area contributed by atoms with E-state index in [4.69, 9.17) is 0 Å². The standard InChI is InChI=1S/C15H9N9O/c25-13-9(15-19-23-24-20-15)3-4-11-10(13)5-7-1-2-8(6-12(7)16-11)14-17-21-22-18-14/h1-6,16H,(H,17,18,21,22)(H,19,20,23,24). The fraction of sp³-hybridized carbons (Fsp3) is 0. The zero-order valence-corrected chi connectivity index (χ0v) is 12.6. The molecule has 1 aliphatic heterocycles. The molecule has 120 valence electrons. The van der Waals surface area contributed by atoms with Gasteiger partial charge in [-0.05, 0) is 50.5 Å². The Bertz CT molecular complexity index is 1210. The van der Waals surface area contributed by atoms with E-state index in [-0.39, 0.29) is 5.43 Å². The highest BCUT2D eigenvalue weighted by Crippen LogP contribution is 2.27. The molecule has 2 aliphatic rings. The van der Waals surface area contributed by atoms with Gasteiger partial charge >= 0.3 is 0 Å². The summed E-state index contributed by atoms with van der Waals surface area (Å²) < 4.78 is 0. The largest absolute Gasteiger partial charge is 0.354 e. The lowest BCUT2D eigenvalue weighted by molar-refractivity contribution is 0.881. The molecule has 0 saturated carbocycles. The van der Waals surface area contributed by atoms with E-state index in [1.54, 1.807) is 6.07 Å². The third-order valence-corrected chi connectivity index (χ3v) is 4.04. The van der Waals surface area contributed by atoms with Gasteiger partial charge in [-0.25, -0.2) is 10.2 Å². The minimum absolute atomic E-state index is 0.141. The van der Waals surface area contributed by atoms with Crippen LogP contribution in [0.4, 0.5) is 0 Å². The van der Waals surface area contributed by atoms with Crippen LogP contribution in [-0.4, -0.2) is 46.2 Å². The Balaban J connectivity index is 1.74. The number of rotatable bonds is 2. The van der Waals surface area contributed by atoms with Crippen molar-refractivity contribution in [3.8, 4) is 34.0 Å². The van der Waals surface area contributed by atoms with Crippen LogP contribution in [0.2, 0.25) is 0 Å². The Labute approximate surface area is 138 Å². The maximum absolute atomic E-state index is 12.8. The lowest BCUT2D eigenvalue weighted by Gasteiger charge is -2.10. The number of benzene rings is 2.